The molecule has 0 unspecified atom stereocenters. The van der Waals surface area contributed by atoms with Crippen molar-refractivity contribution in [2.45, 2.75) is 32.7 Å². The van der Waals surface area contributed by atoms with E-state index in [9.17, 15) is 4.79 Å². The molecule has 21 heavy (non-hydrogen) atoms. The highest BCUT2D eigenvalue weighted by Gasteiger charge is 2.18. The molecule has 0 heterocycles. The van der Waals surface area contributed by atoms with E-state index in [-0.39, 0.29) is 25.1 Å². The second-order valence-electron chi connectivity index (χ2n) is 4.84. The molecule has 0 aromatic heterocycles. The molecule has 1 rings (SSSR count). The third-order valence-corrected chi connectivity index (χ3v) is 3.96. The van der Waals surface area contributed by atoms with Crippen molar-refractivity contribution >= 4 is 34.8 Å². The normalized spacial score (nSPS) is 11.2. The van der Waals surface area contributed by atoms with Crippen LogP contribution in [0.4, 0.5) is 5.69 Å². The molecule has 6 heteroatoms. The molecule has 0 spiro atoms. The van der Waals surface area contributed by atoms with Gasteiger partial charge in [-0.15, -0.1) is 0 Å². The maximum atomic E-state index is 12.2. The molecule has 118 valence electrons. The van der Waals surface area contributed by atoms with E-state index in [2.05, 4.69) is 19.2 Å². The zero-order chi connectivity index (χ0) is 15.8. The van der Waals surface area contributed by atoms with Crippen LogP contribution in [-0.2, 0) is 4.79 Å². The Kier molecular flexibility index (Phi) is 8.04. The fourth-order valence-corrected chi connectivity index (χ4v) is 2.63. The van der Waals surface area contributed by atoms with Gasteiger partial charge in [-0.1, -0.05) is 37.0 Å². The van der Waals surface area contributed by atoms with Crippen LogP contribution in [0, 0.1) is 0 Å². The number of nitrogens with zero attached hydrogens (tertiary/aromatic N) is 1. The lowest BCUT2D eigenvalue weighted by Crippen LogP contribution is -2.42. The van der Waals surface area contributed by atoms with Crippen molar-refractivity contribution in [3.63, 3.8) is 0 Å². The van der Waals surface area contributed by atoms with E-state index in [4.69, 9.17) is 28.3 Å². The van der Waals surface area contributed by atoms with Gasteiger partial charge < -0.3 is 10.4 Å². The number of halogens is 2. The Bertz CT molecular complexity index is 465. The number of carbonyl (C=O) groups excluding carboxylic acids is 1. The maximum absolute atomic E-state index is 12.2. The van der Waals surface area contributed by atoms with Gasteiger partial charge in [-0.3, -0.25) is 9.69 Å². The molecule has 1 aromatic carbocycles. The number of anilines is 1. The summed E-state index contributed by atoms with van der Waals surface area (Å²) in [6, 6.07) is 5.21. The molecule has 0 atom stereocenters. The topological polar surface area (TPSA) is 52.6 Å². The summed E-state index contributed by atoms with van der Waals surface area (Å²) in [6.45, 7) is 4.87. The Morgan fingerprint density at radius 2 is 2.00 bits per heavy atom. The first-order valence-corrected chi connectivity index (χ1v) is 7.87. The number of nitrogens with one attached hydrogen (secondary N) is 1. The van der Waals surface area contributed by atoms with Gasteiger partial charge in [-0.2, -0.15) is 0 Å². The van der Waals surface area contributed by atoms with Gasteiger partial charge in [0.1, 0.15) is 0 Å². The zero-order valence-corrected chi connectivity index (χ0v) is 13.9. The number of carbonyl (C=O) groups is 1. The molecule has 0 aliphatic heterocycles. The molecule has 1 aromatic rings. The third-order valence-electron chi connectivity index (χ3n) is 3.40. The van der Waals surface area contributed by atoms with Gasteiger partial charge in [-0.25, -0.2) is 0 Å². The van der Waals surface area contributed by atoms with E-state index in [1.165, 1.54) is 0 Å². The minimum Gasteiger partial charge on any atom is -0.395 e. The zero-order valence-electron chi connectivity index (χ0n) is 12.4. The summed E-state index contributed by atoms with van der Waals surface area (Å²) < 4.78 is 0. The second-order valence-corrected chi connectivity index (χ2v) is 5.68. The van der Waals surface area contributed by atoms with Crippen LogP contribution in [0.5, 0.6) is 0 Å². The van der Waals surface area contributed by atoms with Crippen LogP contribution in [0.25, 0.3) is 0 Å². The van der Waals surface area contributed by atoms with Gasteiger partial charge in [0, 0.05) is 17.6 Å². The van der Waals surface area contributed by atoms with Crippen LogP contribution in [0.2, 0.25) is 10.0 Å². The molecule has 0 aliphatic carbocycles. The largest absolute Gasteiger partial charge is 0.395 e. The molecule has 1 amide bonds. The molecule has 0 fully saturated rings. The highest BCUT2D eigenvalue weighted by Crippen LogP contribution is 2.25. The Balaban J connectivity index is 2.71. The van der Waals surface area contributed by atoms with Crippen molar-refractivity contribution in [1.29, 1.82) is 0 Å². The van der Waals surface area contributed by atoms with Crippen molar-refractivity contribution < 1.29 is 9.90 Å². The third kappa shape index (κ3) is 5.83. The SMILES string of the molecule is CCC(CC)N(CCO)CC(=O)Nc1cc(Cl)ccc1Cl. The monoisotopic (exact) mass is 332 g/mol. The van der Waals surface area contributed by atoms with E-state index in [1.54, 1.807) is 18.2 Å². The van der Waals surface area contributed by atoms with Crippen LogP contribution in [0.15, 0.2) is 18.2 Å². The van der Waals surface area contributed by atoms with Gasteiger partial charge in [-0.05, 0) is 31.0 Å². The Hall–Kier alpha value is -0.810. The first-order valence-electron chi connectivity index (χ1n) is 7.11. The van der Waals surface area contributed by atoms with E-state index in [1.807, 2.05) is 4.90 Å². The van der Waals surface area contributed by atoms with E-state index in [0.29, 0.717) is 22.3 Å². The molecule has 0 aliphatic rings. The van der Waals surface area contributed by atoms with Crippen LogP contribution in [0.3, 0.4) is 0 Å². The number of aliphatic hydroxyl groups is 1. The van der Waals surface area contributed by atoms with Crippen LogP contribution < -0.4 is 5.32 Å². The van der Waals surface area contributed by atoms with Crippen molar-refractivity contribution in [3.05, 3.63) is 28.2 Å². The highest BCUT2D eigenvalue weighted by atomic mass is 35.5. The van der Waals surface area contributed by atoms with Crippen molar-refractivity contribution in [3.8, 4) is 0 Å². The summed E-state index contributed by atoms with van der Waals surface area (Å²) in [5.74, 6) is -0.167. The Labute approximate surface area is 136 Å². The minimum absolute atomic E-state index is 0.0295. The molecule has 2 N–H and O–H groups in total. The smallest absolute Gasteiger partial charge is 0.238 e. The van der Waals surface area contributed by atoms with Gasteiger partial charge in [0.15, 0.2) is 0 Å². The van der Waals surface area contributed by atoms with Crippen molar-refractivity contribution in [2.24, 2.45) is 0 Å². The molecule has 0 saturated carbocycles. The first-order chi connectivity index (χ1) is 10.0. The number of aliphatic hydroxyl groups excluding tert-OH is 1. The minimum atomic E-state index is -0.167. The fourth-order valence-electron chi connectivity index (χ4n) is 2.29. The molecule has 0 radical (unpaired) electrons. The standard InChI is InChI=1S/C15H22Cl2N2O2/c1-3-12(4-2)19(7-8-20)10-15(21)18-14-9-11(16)5-6-13(14)17/h5-6,9,12,20H,3-4,7-8,10H2,1-2H3,(H,18,21). The van der Waals surface area contributed by atoms with Crippen LogP contribution in [0.1, 0.15) is 26.7 Å². The Morgan fingerprint density at radius 3 is 2.57 bits per heavy atom. The van der Waals surface area contributed by atoms with Gasteiger partial charge >= 0.3 is 0 Å². The van der Waals surface area contributed by atoms with Crippen molar-refractivity contribution in [2.75, 3.05) is 25.0 Å². The summed E-state index contributed by atoms with van der Waals surface area (Å²) in [6.07, 6.45) is 1.86. The average Bonchev–Trinajstić information content (AvgIpc) is 2.44. The number of hydrogen-bond donors (Lipinski definition) is 2. The van der Waals surface area contributed by atoms with Crippen LogP contribution >= 0.6 is 23.2 Å². The predicted octanol–water partition coefficient (Wildman–Crippen LogP) is 3.41. The Morgan fingerprint density at radius 1 is 1.33 bits per heavy atom. The summed E-state index contributed by atoms with van der Waals surface area (Å²) in [5.41, 5.74) is 0.502. The lowest BCUT2D eigenvalue weighted by molar-refractivity contribution is -0.118. The van der Waals surface area contributed by atoms with Gasteiger partial charge in [0.25, 0.3) is 0 Å². The van der Waals surface area contributed by atoms with E-state index in [0.717, 1.165) is 12.8 Å². The lowest BCUT2D eigenvalue weighted by Gasteiger charge is -2.29. The second kappa shape index (κ2) is 9.26. The van der Waals surface area contributed by atoms with Gasteiger partial charge in [0.05, 0.1) is 23.9 Å². The maximum Gasteiger partial charge on any atom is 0.238 e. The fraction of sp³-hybridized carbons (Fsp3) is 0.533. The van der Waals surface area contributed by atoms with E-state index >= 15 is 0 Å². The lowest BCUT2D eigenvalue weighted by atomic mass is 10.1. The molecule has 0 saturated heterocycles. The summed E-state index contributed by atoms with van der Waals surface area (Å²) in [7, 11) is 0. The molecule has 4 nitrogen and oxygen atoms in total. The number of hydrogen-bond acceptors (Lipinski definition) is 3. The first kappa shape index (κ1) is 18.2. The van der Waals surface area contributed by atoms with Crippen LogP contribution in [-0.4, -0.2) is 41.7 Å². The number of amides is 1. The molecular formula is C15H22Cl2N2O2. The molecule has 0 bridgehead atoms. The summed E-state index contributed by atoms with van der Waals surface area (Å²) in [5, 5.41) is 12.9. The highest BCUT2D eigenvalue weighted by molar-refractivity contribution is 6.35. The summed E-state index contributed by atoms with van der Waals surface area (Å²) in [4.78, 5) is 14.1. The van der Waals surface area contributed by atoms with E-state index < -0.39 is 0 Å². The van der Waals surface area contributed by atoms with Crippen molar-refractivity contribution in [1.82, 2.24) is 4.90 Å². The summed E-state index contributed by atoms with van der Waals surface area (Å²) >= 11 is 11.9. The number of benzene rings is 1. The molecular weight excluding hydrogens is 311 g/mol. The average molecular weight is 333 g/mol. The number of rotatable bonds is 8. The quantitative estimate of drug-likeness (QED) is 0.766. The van der Waals surface area contributed by atoms with Gasteiger partial charge in [0.2, 0.25) is 5.91 Å². The predicted molar refractivity (Wildman–Crippen MR) is 88.1 cm³/mol.